The Hall–Kier alpha value is -0.830. The topological polar surface area (TPSA) is 38.3 Å². The summed E-state index contributed by atoms with van der Waals surface area (Å²) in [4.78, 5) is 11.8. The van der Waals surface area contributed by atoms with E-state index in [0.29, 0.717) is 12.1 Å². The van der Waals surface area contributed by atoms with Gasteiger partial charge in [-0.2, -0.15) is 0 Å². The zero-order chi connectivity index (χ0) is 11.1. The maximum Gasteiger partial charge on any atom is 0.334 e. The van der Waals surface area contributed by atoms with Gasteiger partial charge in [0.2, 0.25) is 0 Å². The largest absolute Gasteiger partial charge is 0.457 e. The normalized spacial score (nSPS) is 29.9. The summed E-state index contributed by atoms with van der Waals surface area (Å²) in [7, 11) is 0. The van der Waals surface area contributed by atoms with Crippen LogP contribution in [0.1, 0.15) is 40.0 Å². The van der Waals surface area contributed by atoms with Crippen LogP contribution in [-0.4, -0.2) is 23.7 Å². The molecule has 84 valence electrons. The predicted molar refractivity (Wildman–Crippen MR) is 58.5 cm³/mol. The molecule has 0 radical (unpaired) electrons. The van der Waals surface area contributed by atoms with Crippen LogP contribution in [-0.2, 0) is 9.53 Å². The zero-order valence-electron chi connectivity index (χ0n) is 9.67. The number of hydrogen-bond acceptors (Lipinski definition) is 3. The van der Waals surface area contributed by atoms with Crippen molar-refractivity contribution in [2.24, 2.45) is 0 Å². The van der Waals surface area contributed by atoms with E-state index in [1.54, 1.807) is 0 Å². The summed E-state index contributed by atoms with van der Waals surface area (Å²) in [6.07, 6.45) is 5.19. The number of esters is 1. The summed E-state index contributed by atoms with van der Waals surface area (Å²) in [5.74, 6) is -0.138. The van der Waals surface area contributed by atoms with Crippen LogP contribution in [0.25, 0.3) is 0 Å². The van der Waals surface area contributed by atoms with Crippen molar-refractivity contribution in [2.75, 3.05) is 0 Å². The van der Waals surface area contributed by atoms with E-state index in [1.807, 2.05) is 26.8 Å². The SMILES string of the molecule is CC(C)(C)OC(=O)C1=CC2CCC(C1)N2. The number of hydrogen-bond donors (Lipinski definition) is 1. The molecule has 1 saturated heterocycles. The molecule has 0 aromatic heterocycles. The molecule has 2 bridgehead atoms. The van der Waals surface area contributed by atoms with Crippen molar-refractivity contribution in [3.8, 4) is 0 Å². The molecule has 1 fully saturated rings. The fourth-order valence-electron chi connectivity index (χ4n) is 2.21. The Kier molecular flexibility index (Phi) is 2.59. The van der Waals surface area contributed by atoms with E-state index in [9.17, 15) is 4.79 Å². The minimum absolute atomic E-state index is 0.138. The predicted octanol–water partition coefficient (Wildman–Crippen LogP) is 1.78. The first-order valence-corrected chi connectivity index (χ1v) is 5.64. The maximum absolute atomic E-state index is 11.8. The van der Waals surface area contributed by atoms with Gasteiger partial charge in [-0.05, 0) is 40.0 Å². The van der Waals surface area contributed by atoms with Crippen LogP contribution in [0.4, 0.5) is 0 Å². The Labute approximate surface area is 90.9 Å². The summed E-state index contributed by atoms with van der Waals surface area (Å²) in [5, 5.41) is 3.45. The van der Waals surface area contributed by atoms with Crippen molar-refractivity contribution in [1.29, 1.82) is 0 Å². The molecule has 3 heteroatoms. The van der Waals surface area contributed by atoms with Crippen molar-refractivity contribution >= 4 is 5.97 Å². The van der Waals surface area contributed by atoms with Crippen molar-refractivity contribution in [1.82, 2.24) is 5.32 Å². The van der Waals surface area contributed by atoms with Crippen molar-refractivity contribution in [3.05, 3.63) is 11.6 Å². The van der Waals surface area contributed by atoms with Crippen LogP contribution in [0.3, 0.4) is 0 Å². The lowest BCUT2D eigenvalue weighted by Crippen LogP contribution is -2.35. The van der Waals surface area contributed by atoms with Gasteiger partial charge >= 0.3 is 5.97 Å². The highest BCUT2D eigenvalue weighted by molar-refractivity contribution is 5.89. The van der Waals surface area contributed by atoms with Gasteiger partial charge in [0.1, 0.15) is 5.60 Å². The summed E-state index contributed by atoms with van der Waals surface area (Å²) >= 11 is 0. The third-order valence-electron chi connectivity index (χ3n) is 2.81. The highest BCUT2D eigenvalue weighted by Gasteiger charge is 2.32. The van der Waals surface area contributed by atoms with Gasteiger partial charge < -0.3 is 10.1 Å². The molecule has 2 aliphatic rings. The molecule has 0 aliphatic carbocycles. The second kappa shape index (κ2) is 3.63. The van der Waals surface area contributed by atoms with E-state index in [2.05, 4.69) is 5.32 Å². The second-order valence-corrected chi connectivity index (χ2v) is 5.45. The molecule has 2 aliphatic heterocycles. The average molecular weight is 209 g/mol. The van der Waals surface area contributed by atoms with Crippen LogP contribution in [0, 0.1) is 0 Å². The van der Waals surface area contributed by atoms with E-state index < -0.39 is 0 Å². The Balaban J connectivity index is 2.02. The van der Waals surface area contributed by atoms with Crippen molar-refractivity contribution in [2.45, 2.75) is 57.7 Å². The Morgan fingerprint density at radius 2 is 2.20 bits per heavy atom. The first kappa shape index (κ1) is 10.7. The van der Waals surface area contributed by atoms with Crippen molar-refractivity contribution in [3.63, 3.8) is 0 Å². The van der Waals surface area contributed by atoms with Crippen LogP contribution in [0.5, 0.6) is 0 Å². The summed E-state index contributed by atoms with van der Waals surface area (Å²) in [6, 6.07) is 0.883. The summed E-state index contributed by atoms with van der Waals surface area (Å²) < 4.78 is 5.37. The van der Waals surface area contributed by atoms with Gasteiger partial charge in [0, 0.05) is 17.7 Å². The molecular weight excluding hydrogens is 190 g/mol. The highest BCUT2D eigenvalue weighted by Crippen LogP contribution is 2.27. The van der Waals surface area contributed by atoms with Crippen LogP contribution >= 0.6 is 0 Å². The third kappa shape index (κ3) is 2.59. The number of nitrogens with one attached hydrogen (secondary N) is 1. The van der Waals surface area contributed by atoms with Crippen LogP contribution < -0.4 is 5.32 Å². The number of carbonyl (C=O) groups excluding carboxylic acids is 1. The molecule has 15 heavy (non-hydrogen) atoms. The highest BCUT2D eigenvalue weighted by atomic mass is 16.6. The first-order valence-electron chi connectivity index (χ1n) is 5.64. The van der Waals surface area contributed by atoms with Gasteiger partial charge in [-0.15, -0.1) is 0 Å². The molecule has 2 heterocycles. The van der Waals surface area contributed by atoms with E-state index in [-0.39, 0.29) is 11.6 Å². The van der Waals surface area contributed by atoms with Gasteiger partial charge in [0.15, 0.2) is 0 Å². The van der Waals surface area contributed by atoms with Gasteiger partial charge in [-0.3, -0.25) is 0 Å². The van der Waals surface area contributed by atoms with E-state index in [0.717, 1.165) is 18.4 Å². The number of rotatable bonds is 1. The number of carbonyl (C=O) groups is 1. The number of fused-ring (bicyclic) bond motifs is 2. The maximum atomic E-state index is 11.8. The standard InChI is InChI=1S/C12H19NO2/c1-12(2,3)15-11(14)8-6-9-4-5-10(7-8)13-9/h6,9-10,13H,4-5,7H2,1-3H3. The third-order valence-corrected chi connectivity index (χ3v) is 2.81. The molecular formula is C12H19NO2. The lowest BCUT2D eigenvalue weighted by atomic mass is 10.0. The van der Waals surface area contributed by atoms with Gasteiger partial charge in [0.25, 0.3) is 0 Å². The van der Waals surface area contributed by atoms with Crippen molar-refractivity contribution < 1.29 is 9.53 Å². The minimum Gasteiger partial charge on any atom is -0.457 e. The summed E-state index contributed by atoms with van der Waals surface area (Å²) in [6.45, 7) is 5.71. The Morgan fingerprint density at radius 1 is 1.47 bits per heavy atom. The molecule has 0 amide bonds. The Bertz CT molecular complexity index is 301. The molecule has 3 nitrogen and oxygen atoms in total. The van der Waals surface area contributed by atoms with E-state index in [4.69, 9.17) is 4.74 Å². The quantitative estimate of drug-likeness (QED) is 0.669. The molecule has 0 spiro atoms. The second-order valence-electron chi connectivity index (χ2n) is 5.45. The van der Waals surface area contributed by atoms with Gasteiger partial charge in [0.05, 0.1) is 0 Å². The first-order chi connectivity index (χ1) is 6.94. The molecule has 0 aromatic carbocycles. The smallest absolute Gasteiger partial charge is 0.334 e. The zero-order valence-corrected chi connectivity index (χ0v) is 9.67. The van der Waals surface area contributed by atoms with E-state index >= 15 is 0 Å². The van der Waals surface area contributed by atoms with Gasteiger partial charge in [-0.1, -0.05) is 6.08 Å². The molecule has 2 unspecified atom stereocenters. The number of ether oxygens (including phenoxy) is 1. The fourth-order valence-corrected chi connectivity index (χ4v) is 2.21. The monoisotopic (exact) mass is 209 g/mol. The lowest BCUT2D eigenvalue weighted by Gasteiger charge is -2.24. The fraction of sp³-hybridized carbons (Fsp3) is 0.750. The average Bonchev–Trinajstić information content (AvgIpc) is 2.42. The molecule has 0 saturated carbocycles. The van der Waals surface area contributed by atoms with Crippen LogP contribution in [0.15, 0.2) is 11.6 Å². The minimum atomic E-state index is -0.387. The summed E-state index contributed by atoms with van der Waals surface area (Å²) in [5.41, 5.74) is 0.471. The van der Waals surface area contributed by atoms with Crippen LogP contribution in [0.2, 0.25) is 0 Å². The molecule has 0 aromatic rings. The molecule has 2 atom stereocenters. The molecule has 1 N–H and O–H groups in total. The lowest BCUT2D eigenvalue weighted by molar-refractivity contribution is -0.150. The van der Waals surface area contributed by atoms with Gasteiger partial charge in [-0.25, -0.2) is 4.79 Å². The Morgan fingerprint density at radius 3 is 2.80 bits per heavy atom. The van der Waals surface area contributed by atoms with E-state index in [1.165, 1.54) is 6.42 Å². The molecule has 2 rings (SSSR count).